The lowest BCUT2D eigenvalue weighted by Gasteiger charge is -2.04. The molecule has 0 fully saturated rings. The maximum atomic E-state index is 11.8. The van der Waals surface area contributed by atoms with E-state index in [2.05, 4.69) is 32.9 Å². The largest absolute Gasteiger partial charge is 0.321 e. The molecule has 1 aromatic carbocycles. The van der Waals surface area contributed by atoms with Gasteiger partial charge in [-0.3, -0.25) is 4.79 Å². The Morgan fingerprint density at radius 3 is 2.47 bits per heavy atom. The average molecular weight is 359 g/mol. The van der Waals surface area contributed by atoms with E-state index in [1.165, 1.54) is 6.20 Å². The summed E-state index contributed by atoms with van der Waals surface area (Å²) in [5, 5.41) is 3.14. The number of aromatic nitrogens is 1. The van der Waals surface area contributed by atoms with Gasteiger partial charge in [-0.1, -0.05) is 11.6 Å². The number of hydrogen-bond acceptors (Lipinski definition) is 2. The minimum atomic E-state index is -0.162. The fraction of sp³-hybridized carbons (Fsp3) is 0. The number of benzene rings is 1. The second-order valence-electron chi connectivity index (χ2n) is 3.33. The molecule has 0 aliphatic rings. The second kappa shape index (κ2) is 5.46. The zero-order valence-corrected chi connectivity index (χ0v) is 11.6. The molecule has 0 unspecified atom stereocenters. The summed E-state index contributed by atoms with van der Waals surface area (Å²) in [5.74, 6) is -0.162. The number of anilines is 1. The first kappa shape index (κ1) is 12.3. The summed E-state index contributed by atoms with van der Waals surface area (Å²) in [5.41, 5.74) is 1.23. The van der Waals surface area contributed by atoms with Gasteiger partial charge in [0.15, 0.2) is 0 Å². The molecule has 5 heteroatoms. The van der Waals surface area contributed by atoms with E-state index in [1.54, 1.807) is 24.3 Å². The zero-order chi connectivity index (χ0) is 12.3. The summed E-state index contributed by atoms with van der Waals surface area (Å²) in [4.78, 5) is 15.7. The van der Waals surface area contributed by atoms with Crippen molar-refractivity contribution >= 4 is 45.8 Å². The molecule has 0 atom stereocenters. The van der Waals surface area contributed by atoms with Crippen LogP contribution in [-0.4, -0.2) is 10.9 Å². The van der Waals surface area contributed by atoms with Crippen LogP contribution in [0.3, 0.4) is 0 Å². The number of hydrogen-bond donors (Lipinski definition) is 1. The molecule has 1 aromatic heterocycles. The van der Waals surface area contributed by atoms with Gasteiger partial charge >= 0.3 is 0 Å². The zero-order valence-electron chi connectivity index (χ0n) is 8.65. The Hall–Kier alpha value is -1.14. The fourth-order valence-corrected chi connectivity index (χ4v) is 1.73. The molecule has 0 spiro atoms. The summed E-state index contributed by atoms with van der Waals surface area (Å²) < 4.78 is 1.09. The maximum absolute atomic E-state index is 11.8. The number of halogens is 2. The van der Waals surface area contributed by atoms with Gasteiger partial charge in [-0.2, -0.15) is 0 Å². The Morgan fingerprint density at radius 1 is 1.18 bits per heavy atom. The first-order valence-corrected chi connectivity index (χ1v) is 6.29. The van der Waals surface area contributed by atoms with Crippen molar-refractivity contribution in [2.75, 3.05) is 5.32 Å². The van der Waals surface area contributed by atoms with Gasteiger partial charge in [0.25, 0.3) is 5.91 Å². The lowest BCUT2D eigenvalue weighted by Crippen LogP contribution is -2.11. The molecule has 0 saturated heterocycles. The summed E-state index contributed by atoms with van der Waals surface area (Å²) in [6.45, 7) is 0. The number of carbonyl (C=O) groups is 1. The molecule has 1 amide bonds. The first-order chi connectivity index (χ1) is 8.15. The third-order valence-electron chi connectivity index (χ3n) is 2.09. The highest BCUT2D eigenvalue weighted by atomic mass is 127. The molecule has 17 heavy (non-hydrogen) atoms. The van der Waals surface area contributed by atoms with Gasteiger partial charge in [-0.25, -0.2) is 4.98 Å². The molecule has 0 aliphatic carbocycles. The van der Waals surface area contributed by atoms with Gasteiger partial charge < -0.3 is 5.32 Å². The Bertz CT molecular complexity index is 525. The monoisotopic (exact) mass is 358 g/mol. The quantitative estimate of drug-likeness (QED) is 0.658. The molecule has 0 aliphatic heterocycles. The van der Waals surface area contributed by atoms with Crippen LogP contribution in [0, 0.1) is 3.57 Å². The standard InChI is InChI=1S/C12H8ClIN2O/c13-11-6-5-10(7-15-11)16-12(17)8-1-3-9(14)4-2-8/h1-7H,(H,16,17). The third kappa shape index (κ3) is 3.41. The first-order valence-electron chi connectivity index (χ1n) is 4.83. The predicted octanol–water partition coefficient (Wildman–Crippen LogP) is 3.59. The van der Waals surface area contributed by atoms with E-state index in [9.17, 15) is 4.79 Å². The highest BCUT2D eigenvalue weighted by Gasteiger charge is 2.05. The molecule has 1 heterocycles. The lowest BCUT2D eigenvalue weighted by molar-refractivity contribution is 0.102. The van der Waals surface area contributed by atoms with Gasteiger partial charge in [0.05, 0.1) is 11.9 Å². The minimum absolute atomic E-state index is 0.162. The van der Waals surface area contributed by atoms with Crippen LogP contribution in [-0.2, 0) is 0 Å². The van der Waals surface area contributed by atoms with Crippen molar-refractivity contribution < 1.29 is 4.79 Å². The Labute approximate surface area is 117 Å². The number of rotatable bonds is 2. The number of carbonyl (C=O) groups excluding carboxylic acids is 1. The summed E-state index contributed by atoms with van der Waals surface area (Å²) in [6.07, 6.45) is 1.52. The van der Waals surface area contributed by atoms with E-state index in [-0.39, 0.29) is 5.91 Å². The summed E-state index contributed by atoms with van der Waals surface area (Å²) in [6, 6.07) is 10.7. The van der Waals surface area contributed by atoms with Gasteiger partial charge in [0.2, 0.25) is 0 Å². The summed E-state index contributed by atoms with van der Waals surface area (Å²) in [7, 11) is 0. The SMILES string of the molecule is O=C(Nc1ccc(Cl)nc1)c1ccc(I)cc1. The van der Waals surface area contributed by atoms with Crippen LogP contribution in [0.25, 0.3) is 0 Å². The molecule has 3 nitrogen and oxygen atoms in total. The summed E-state index contributed by atoms with van der Waals surface area (Å²) >= 11 is 7.85. The van der Waals surface area contributed by atoms with Crippen LogP contribution in [0.5, 0.6) is 0 Å². The van der Waals surface area contributed by atoms with Gasteiger partial charge in [-0.05, 0) is 59.0 Å². The Morgan fingerprint density at radius 2 is 1.88 bits per heavy atom. The smallest absolute Gasteiger partial charge is 0.255 e. The van der Waals surface area contributed by atoms with Crippen LogP contribution in [0.4, 0.5) is 5.69 Å². The van der Waals surface area contributed by atoms with E-state index >= 15 is 0 Å². The van der Waals surface area contributed by atoms with Crippen molar-refractivity contribution in [2.45, 2.75) is 0 Å². The molecule has 0 bridgehead atoms. The molecular formula is C12H8ClIN2O. The van der Waals surface area contributed by atoms with Gasteiger partial charge in [0.1, 0.15) is 5.15 Å². The van der Waals surface area contributed by atoms with Crippen molar-refractivity contribution in [2.24, 2.45) is 0 Å². The van der Waals surface area contributed by atoms with E-state index in [0.717, 1.165) is 3.57 Å². The van der Waals surface area contributed by atoms with E-state index in [4.69, 9.17) is 11.6 Å². The second-order valence-corrected chi connectivity index (χ2v) is 4.96. The normalized spacial score (nSPS) is 10.0. The molecule has 2 aromatic rings. The van der Waals surface area contributed by atoms with Crippen LogP contribution in [0.2, 0.25) is 5.15 Å². The molecular weight excluding hydrogens is 351 g/mol. The Kier molecular flexibility index (Phi) is 3.96. The van der Waals surface area contributed by atoms with Crippen molar-refractivity contribution in [3.8, 4) is 0 Å². The van der Waals surface area contributed by atoms with Crippen molar-refractivity contribution in [1.29, 1.82) is 0 Å². The van der Waals surface area contributed by atoms with Crippen molar-refractivity contribution in [1.82, 2.24) is 4.98 Å². The van der Waals surface area contributed by atoms with Crippen LogP contribution >= 0.6 is 34.2 Å². The molecule has 2 rings (SSSR count). The molecule has 1 N–H and O–H groups in total. The number of amides is 1. The van der Waals surface area contributed by atoms with Crippen LogP contribution in [0.15, 0.2) is 42.6 Å². The molecule has 86 valence electrons. The van der Waals surface area contributed by atoms with Gasteiger partial charge in [-0.15, -0.1) is 0 Å². The highest BCUT2D eigenvalue weighted by molar-refractivity contribution is 14.1. The van der Waals surface area contributed by atoms with Crippen molar-refractivity contribution in [3.63, 3.8) is 0 Å². The van der Waals surface area contributed by atoms with E-state index in [0.29, 0.717) is 16.4 Å². The fourth-order valence-electron chi connectivity index (χ4n) is 1.25. The predicted molar refractivity (Wildman–Crippen MR) is 76.4 cm³/mol. The van der Waals surface area contributed by atoms with Crippen molar-refractivity contribution in [3.05, 3.63) is 56.9 Å². The number of nitrogens with zero attached hydrogens (tertiary/aromatic N) is 1. The van der Waals surface area contributed by atoms with E-state index in [1.807, 2.05) is 12.1 Å². The minimum Gasteiger partial charge on any atom is -0.321 e. The lowest BCUT2D eigenvalue weighted by atomic mass is 10.2. The van der Waals surface area contributed by atoms with Gasteiger partial charge in [0, 0.05) is 9.13 Å². The van der Waals surface area contributed by atoms with Crippen LogP contribution in [0.1, 0.15) is 10.4 Å². The Balaban J connectivity index is 2.11. The number of pyridine rings is 1. The highest BCUT2D eigenvalue weighted by Crippen LogP contribution is 2.12. The average Bonchev–Trinajstić information content (AvgIpc) is 2.33. The van der Waals surface area contributed by atoms with Crippen LogP contribution < -0.4 is 5.32 Å². The third-order valence-corrected chi connectivity index (χ3v) is 3.03. The number of nitrogens with one attached hydrogen (secondary N) is 1. The molecule has 0 radical (unpaired) electrons. The molecule has 0 saturated carbocycles. The van der Waals surface area contributed by atoms with E-state index < -0.39 is 0 Å². The topological polar surface area (TPSA) is 42.0 Å². The maximum Gasteiger partial charge on any atom is 0.255 e.